The first kappa shape index (κ1) is 13.2. The summed E-state index contributed by atoms with van der Waals surface area (Å²) in [5.74, 6) is -2.57. The standard InChI is InChI=1S/C13H7F3IN3/c14-6-2-1-3-10(12(6)16)20-11-4-7(15)8(17)5-9(11)19-13(20)18/h1-5H,(H2,18,19). The normalized spacial score (nSPS) is 11.2. The molecule has 1 heterocycles. The lowest BCUT2D eigenvalue weighted by atomic mass is 10.2. The van der Waals surface area contributed by atoms with Gasteiger partial charge in [0.1, 0.15) is 5.82 Å². The van der Waals surface area contributed by atoms with E-state index < -0.39 is 17.5 Å². The van der Waals surface area contributed by atoms with E-state index in [9.17, 15) is 13.2 Å². The molecule has 0 radical (unpaired) electrons. The number of benzene rings is 2. The maximum Gasteiger partial charge on any atom is 0.206 e. The Morgan fingerprint density at radius 2 is 1.85 bits per heavy atom. The topological polar surface area (TPSA) is 43.8 Å². The minimum atomic E-state index is -1.06. The van der Waals surface area contributed by atoms with Gasteiger partial charge in [-0.05, 0) is 40.8 Å². The van der Waals surface area contributed by atoms with Crippen LogP contribution in [0.1, 0.15) is 0 Å². The number of anilines is 1. The molecule has 0 aliphatic carbocycles. The summed E-state index contributed by atoms with van der Waals surface area (Å²) in [6.45, 7) is 0. The molecule has 0 unspecified atom stereocenters. The Balaban J connectivity index is 2.39. The molecule has 0 aliphatic heterocycles. The van der Waals surface area contributed by atoms with Gasteiger partial charge in [-0.3, -0.25) is 4.57 Å². The van der Waals surface area contributed by atoms with E-state index in [1.165, 1.54) is 28.8 Å². The molecule has 3 nitrogen and oxygen atoms in total. The number of imidazole rings is 1. The van der Waals surface area contributed by atoms with Crippen LogP contribution in [-0.4, -0.2) is 9.55 Å². The second-order valence-corrected chi connectivity index (χ2v) is 5.30. The van der Waals surface area contributed by atoms with E-state index in [4.69, 9.17) is 5.73 Å². The third-order valence-corrected chi connectivity index (χ3v) is 3.72. The highest BCUT2D eigenvalue weighted by Gasteiger charge is 2.17. The lowest BCUT2D eigenvalue weighted by molar-refractivity contribution is 0.505. The van der Waals surface area contributed by atoms with E-state index in [-0.39, 0.29) is 17.2 Å². The third-order valence-electron chi connectivity index (χ3n) is 2.89. The average molecular weight is 389 g/mol. The summed E-state index contributed by atoms with van der Waals surface area (Å²) >= 11 is 1.82. The number of nitrogens with two attached hydrogens (primary N) is 1. The molecule has 0 aliphatic rings. The van der Waals surface area contributed by atoms with Crippen LogP contribution in [0.5, 0.6) is 0 Å². The van der Waals surface area contributed by atoms with Crippen LogP contribution < -0.4 is 5.73 Å². The number of aromatic nitrogens is 2. The SMILES string of the molecule is Nc1nc2cc(I)c(F)cc2n1-c1cccc(F)c1F. The number of fused-ring (bicyclic) bond motifs is 1. The van der Waals surface area contributed by atoms with Gasteiger partial charge in [0.25, 0.3) is 0 Å². The van der Waals surface area contributed by atoms with E-state index in [1.807, 2.05) is 22.6 Å². The Morgan fingerprint density at radius 3 is 2.60 bits per heavy atom. The van der Waals surface area contributed by atoms with Crippen LogP contribution in [0, 0.1) is 21.0 Å². The van der Waals surface area contributed by atoms with Gasteiger partial charge in [-0.2, -0.15) is 0 Å². The maximum absolute atomic E-state index is 13.9. The summed E-state index contributed by atoms with van der Waals surface area (Å²) in [6.07, 6.45) is 0. The van der Waals surface area contributed by atoms with E-state index in [0.29, 0.717) is 9.09 Å². The van der Waals surface area contributed by atoms with Crippen LogP contribution >= 0.6 is 22.6 Å². The van der Waals surface area contributed by atoms with E-state index in [0.717, 1.165) is 6.07 Å². The van der Waals surface area contributed by atoms with Crippen molar-refractivity contribution in [1.82, 2.24) is 9.55 Å². The van der Waals surface area contributed by atoms with Crippen LogP contribution in [-0.2, 0) is 0 Å². The number of hydrogen-bond donors (Lipinski definition) is 1. The molecule has 3 rings (SSSR count). The van der Waals surface area contributed by atoms with Crippen LogP contribution in [0.3, 0.4) is 0 Å². The van der Waals surface area contributed by atoms with Crippen molar-refractivity contribution < 1.29 is 13.2 Å². The van der Waals surface area contributed by atoms with Crippen molar-refractivity contribution in [2.45, 2.75) is 0 Å². The van der Waals surface area contributed by atoms with Gasteiger partial charge in [-0.1, -0.05) is 6.07 Å². The number of hydrogen-bond acceptors (Lipinski definition) is 2. The van der Waals surface area contributed by atoms with Crippen molar-refractivity contribution in [3.8, 4) is 5.69 Å². The second-order valence-electron chi connectivity index (χ2n) is 4.13. The molecule has 3 aromatic rings. The fourth-order valence-corrected chi connectivity index (χ4v) is 2.46. The first-order chi connectivity index (χ1) is 9.49. The van der Waals surface area contributed by atoms with Gasteiger partial charge in [0.05, 0.1) is 20.3 Å². The number of rotatable bonds is 1. The largest absolute Gasteiger partial charge is 0.369 e. The van der Waals surface area contributed by atoms with Gasteiger partial charge in [0, 0.05) is 6.07 Å². The zero-order valence-corrected chi connectivity index (χ0v) is 12.0. The maximum atomic E-state index is 13.9. The van der Waals surface area contributed by atoms with Crippen LogP contribution in [0.15, 0.2) is 30.3 Å². The highest BCUT2D eigenvalue weighted by Crippen LogP contribution is 2.28. The molecule has 0 amide bonds. The quantitative estimate of drug-likeness (QED) is 0.647. The highest BCUT2D eigenvalue weighted by molar-refractivity contribution is 14.1. The van der Waals surface area contributed by atoms with Crippen LogP contribution in [0.4, 0.5) is 19.1 Å². The first-order valence-corrected chi connectivity index (χ1v) is 6.64. The Kier molecular flexibility index (Phi) is 3.08. The highest BCUT2D eigenvalue weighted by atomic mass is 127. The summed E-state index contributed by atoms with van der Waals surface area (Å²) in [5, 5.41) is 0. The second kappa shape index (κ2) is 4.65. The first-order valence-electron chi connectivity index (χ1n) is 5.56. The molecule has 102 valence electrons. The van der Waals surface area contributed by atoms with Crippen LogP contribution in [0.2, 0.25) is 0 Å². The van der Waals surface area contributed by atoms with Gasteiger partial charge in [0.2, 0.25) is 5.95 Å². The molecule has 1 aromatic heterocycles. The zero-order chi connectivity index (χ0) is 14.4. The minimum Gasteiger partial charge on any atom is -0.369 e. The molecule has 0 atom stereocenters. The van der Waals surface area contributed by atoms with Crippen molar-refractivity contribution in [1.29, 1.82) is 0 Å². The van der Waals surface area contributed by atoms with E-state index in [1.54, 1.807) is 0 Å². The molecule has 0 bridgehead atoms. The minimum absolute atomic E-state index is 0.0362. The molecule has 0 spiro atoms. The van der Waals surface area contributed by atoms with Gasteiger partial charge in [0.15, 0.2) is 11.6 Å². The average Bonchev–Trinajstić information content (AvgIpc) is 2.69. The van der Waals surface area contributed by atoms with Crippen molar-refractivity contribution in [3.63, 3.8) is 0 Å². The van der Waals surface area contributed by atoms with Gasteiger partial charge in [-0.15, -0.1) is 0 Å². The summed E-state index contributed by atoms with van der Waals surface area (Å²) in [4.78, 5) is 4.04. The predicted molar refractivity (Wildman–Crippen MR) is 78.1 cm³/mol. The van der Waals surface area contributed by atoms with Crippen molar-refractivity contribution >= 4 is 39.6 Å². The number of nitrogens with zero attached hydrogens (tertiary/aromatic N) is 2. The fourth-order valence-electron chi connectivity index (χ4n) is 2.01. The molecule has 0 saturated carbocycles. The Labute approximate surface area is 125 Å². The molecular formula is C13H7F3IN3. The van der Waals surface area contributed by atoms with Crippen LogP contribution in [0.25, 0.3) is 16.7 Å². The predicted octanol–water partition coefficient (Wildman–Crippen LogP) is 3.63. The fraction of sp³-hybridized carbons (Fsp3) is 0. The summed E-state index contributed by atoms with van der Waals surface area (Å²) < 4.78 is 42.4. The lowest BCUT2D eigenvalue weighted by Gasteiger charge is -2.08. The molecule has 0 saturated heterocycles. The van der Waals surface area contributed by atoms with Gasteiger partial charge >= 0.3 is 0 Å². The smallest absolute Gasteiger partial charge is 0.206 e. The lowest BCUT2D eigenvalue weighted by Crippen LogP contribution is -2.04. The summed E-state index contributed by atoms with van der Waals surface area (Å²) in [6, 6.07) is 6.39. The van der Waals surface area contributed by atoms with Crippen molar-refractivity contribution in [2.75, 3.05) is 5.73 Å². The number of halogens is 4. The zero-order valence-electron chi connectivity index (χ0n) is 9.87. The van der Waals surface area contributed by atoms with E-state index in [2.05, 4.69) is 4.98 Å². The monoisotopic (exact) mass is 389 g/mol. The Morgan fingerprint density at radius 1 is 1.10 bits per heavy atom. The third kappa shape index (κ3) is 1.92. The van der Waals surface area contributed by atoms with Gasteiger partial charge in [-0.25, -0.2) is 18.2 Å². The van der Waals surface area contributed by atoms with Gasteiger partial charge < -0.3 is 5.73 Å². The summed E-state index contributed by atoms with van der Waals surface area (Å²) in [5.41, 5.74) is 6.33. The molecule has 20 heavy (non-hydrogen) atoms. The molecule has 2 N–H and O–H groups in total. The molecule has 7 heteroatoms. The molecular weight excluding hydrogens is 382 g/mol. The molecule has 2 aromatic carbocycles. The molecule has 0 fully saturated rings. The van der Waals surface area contributed by atoms with Crippen molar-refractivity contribution in [3.05, 3.63) is 51.4 Å². The number of nitrogen functional groups attached to an aromatic ring is 1. The van der Waals surface area contributed by atoms with E-state index >= 15 is 0 Å². The summed E-state index contributed by atoms with van der Waals surface area (Å²) in [7, 11) is 0. The van der Waals surface area contributed by atoms with Crippen molar-refractivity contribution in [2.24, 2.45) is 0 Å². The Bertz CT molecular complexity index is 829. The Hall–Kier alpha value is -1.77.